The highest BCUT2D eigenvalue weighted by Gasteiger charge is 2.30. The Morgan fingerprint density at radius 2 is 1.90 bits per heavy atom. The highest BCUT2D eigenvalue weighted by Crippen LogP contribution is 2.36. The van der Waals surface area contributed by atoms with E-state index in [4.69, 9.17) is 11.6 Å². The lowest BCUT2D eigenvalue weighted by Crippen LogP contribution is -2.26. The van der Waals surface area contributed by atoms with Gasteiger partial charge in [-0.25, -0.2) is 4.98 Å². The number of aromatic amines is 1. The van der Waals surface area contributed by atoms with Crippen molar-refractivity contribution < 1.29 is 0 Å². The first-order valence-electron chi connectivity index (χ1n) is 6.29. The van der Waals surface area contributed by atoms with E-state index in [0.717, 1.165) is 5.69 Å². The van der Waals surface area contributed by atoms with Gasteiger partial charge in [0.2, 0.25) is 0 Å². The maximum atomic E-state index is 6.29. The first-order chi connectivity index (χ1) is 9.25. The maximum Gasteiger partial charge on any atom is 0.0922 e. The summed E-state index contributed by atoms with van der Waals surface area (Å²) in [5, 5.41) is 2.47. The summed E-state index contributed by atoms with van der Waals surface area (Å²) < 4.78 is 0. The number of alkyl halides is 1. The summed E-state index contributed by atoms with van der Waals surface area (Å²) in [5.41, 5.74) is 2.00. The van der Waals surface area contributed by atoms with Crippen molar-refractivity contribution in [3.63, 3.8) is 0 Å². The molecule has 2 aromatic carbocycles. The van der Waals surface area contributed by atoms with Crippen LogP contribution in [0.4, 0.5) is 0 Å². The van der Waals surface area contributed by atoms with Crippen LogP contribution in [0.2, 0.25) is 0 Å². The molecule has 0 radical (unpaired) electrons. The molecule has 0 bridgehead atoms. The molecular formula is C16H16Cl2N2. The van der Waals surface area contributed by atoms with Gasteiger partial charge in [-0.15, -0.1) is 24.0 Å². The molecule has 0 aliphatic carbocycles. The van der Waals surface area contributed by atoms with Gasteiger partial charge in [0.05, 0.1) is 6.33 Å². The molecule has 3 aromatic rings. The van der Waals surface area contributed by atoms with E-state index in [2.05, 4.69) is 59.4 Å². The average molecular weight is 307 g/mol. The molecule has 1 aromatic heterocycles. The van der Waals surface area contributed by atoms with Crippen LogP contribution in [-0.2, 0) is 5.41 Å². The minimum Gasteiger partial charge on any atom is -0.348 e. The third kappa shape index (κ3) is 2.30. The van der Waals surface area contributed by atoms with Crippen LogP contribution in [0.15, 0.2) is 55.0 Å². The molecule has 0 aliphatic rings. The molecule has 2 nitrogen and oxygen atoms in total. The van der Waals surface area contributed by atoms with Gasteiger partial charge < -0.3 is 4.98 Å². The third-order valence-electron chi connectivity index (χ3n) is 3.74. The highest BCUT2D eigenvalue weighted by molar-refractivity contribution is 6.19. The van der Waals surface area contributed by atoms with E-state index in [1.165, 1.54) is 16.3 Å². The molecule has 1 heterocycles. The van der Waals surface area contributed by atoms with Gasteiger partial charge >= 0.3 is 0 Å². The molecule has 3 rings (SSSR count). The Kier molecular flexibility index (Phi) is 4.36. The maximum absolute atomic E-state index is 6.29. The van der Waals surface area contributed by atoms with Gasteiger partial charge in [-0.1, -0.05) is 42.5 Å². The number of benzene rings is 2. The van der Waals surface area contributed by atoms with E-state index in [0.29, 0.717) is 5.88 Å². The molecule has 1 unspecified atom stereocenters. The van der Waals surface area contributed by atoms with Crippen LogP contribution < -0.4 is 0 Å². The molecule has 0 spiro atoms. The largest absolute Gasteiger partial charge is 0.348 e. The zero-order valence-corrected chi connectivity index (χ0v) is 12.7. The Labute approximate surface area is 129 Å². The van der Waals surface area contributed by atoms with Crippen molar-refractivity contribution in [2.24, 2.45) is 0 Å². The second-order valence-electron chi connectivity index (χ2n) is 4.96. The quantitative estimate of drug-likeness (QED) is 0.708. The summed E-state index contributed by atoms with van der Waals surface area (Å²) in [6, 6.07) is 14.7. The second kappa shape index (κ2) is 5.86. The van der Waals surface area contributed by atoms with Crippen molar-refractivity contribution in [2.75, 3.05) is 5.88 Å². The molecule has 1 atom stereocenters. The van der Waals surface area contributed by atoms with E-state index < -0.39 is 0 Å². The van der Waals surface area contributed by atoms with Crippen molar-refractivity contribution in [3.8, 4) is 0 Å². The monoisotopic (exact) mass is 306 g/mol. The zero-order valence-electron chi connectivity index (χ0n) is 11.1. The zero-order chi connectivity index (χ0) is 13.3. The predicted octanol–water partition coefficient (Wildman–Crippen LogP) is 4.53. The second-order valence-corrected chi connectivity index (χ2v) is 5.22. The van der Waals surface area contributed by atoms with Gasteiger partial charge in [0.15, 0.2) is 0 Å². The van der Waals surface area contributed by atoms with Crippen molar-refractivity contribution in [1.82, 2.24) is 9.97 Å². The molecular weight excluding hydrogens is 291 g/mol. The summed E-state index contributed by atoms with van der Waals surface area (Å²) in [6.07, 6.45) is 3.55. The van der Waals surface area contributed by atoms with Crippen LogP contribution in [-0.4, -0.2) is 15.8 Å². The summed E-state index contributed by atoms with van der Waals surface area (Å²) in [4.78, 5) is 7.32. The van der Waals surface area contributed by atoms with Crippen LogP contribution in [0.1, 0.15) is 18.2 Å². The van der Waals surface area contributed by atoms with E-state index in [-0.39, 0.29) is 17.8 Å². The van der Waals surface area contributed by atoms with Crippen LogP contribution in [0, 0.1) is 0 Å². The molecule has 0 amide bonds. The molecule has 0 saturated carbocycles. The first kappa shape index (κ1) is 14.9. The number of hydrogen-bond acceptors (Lipinski definition) is 1. The lowest BCUT2D eigenvalue weighted by Gasteiger charge is -2.28. The summed E-state index contributed by atoms with van der Waals surface area (Å²) in [5.74, 6) is 0.503. The number of halogens is 2. The SMILES string of the molecule is CC(CCl)(c1cnc[nH]1)c1cccc2ccccc12.Cl. The molecule has 0 aliphatic heterocycles. The topological polar surface area (TPSA) is 28.7 Å². The normalized spacial score (nSPS) is 13.7. The van der Waals surface area contributed by atoms with Crippen molar-refractivity contribution in [2.45, 2.75) is 12.3 Å². The average Bonchev–Trinajstić information content (AvgIpc) is 3.00. The molecule has 4 heteroatoms. The smallest absolute Gasteiger partial charge is 0.0922 e. The van der Waals surface area contributed by atoms with Gasteiger partial charge in [-0.05, 0) is 23.3 Å². The van der Waals surface area contributed by atoms with Gasteiger partial charge in [-0.3, -0.25) is 0 Å². The fourth-order valence-corrected chi connectivity index (χ4v) is 2.84. The number of rotatable bonds is 3. The van der Waals surface area contributed by atoms with Gasteiger partial charge in [-0.2, -0.15) is 0 Å². The summed E-state index contributed by atoms with van der Waals surface area (Å²) in [6.45, 7) is 2.15. The van der Waals surface area contributed by atoms with Crippen molar-refractivity contribution in [3.05, 3.63) is 66.2 Å². The molecule has 0 fully saturated rings. The van der Waals surface area contributed by atoms with Crippen molar-refractivity contribution in [1.29, 1.82) is 0 Å². The molecule has 1 N–H and O–H groups in total. The van der Waals surface area contributed by atoms with Crippen LogP contribution >= 0.6 is 24.0 Å². The van der Waals surface area contributed by atoms with Crippen LogP contribution in [0.25, 0.3) is 10.8 Å². The Bertz CT molecular complexity index is 689. The van der Waals surface area contributed by atoms with E-state index in [9.17, 15) is 0 Å². The minimum atomic E-state index is -0.265. The first-order valence-corrected chi connectivity index (χ1v) is 6.82. The Balaban J connectivity index is 0.00000147. The van der Waals surface area contributed by atoms with Crippen LogP contribution in [0.5, 0.6) is 0 Å². The summed E-state index contributed by atoms with van der Waals surface area (Å²) in [7, 11) is 0. The molecule has 0 saturated heterocycles. The lowest BCUT2D eigenvalue weighted by molar-refractivity contribution is 0.634. The number of H-pyrrole nitrogens is 1. The summed E-state index contributed by atoms with van der Waals surface area (Å²) >= 11 is 6.29. The van der Waals surface area contributed by atoms with Gasteiger partial charge in [0.25, 0.3) is 0 Å². The predicted molar refractivity (Wildman–Crippen MR) is 87.0 cm³/mol. The fraction of sp³-hybridized carbons (Fsp3) is 0.188. The van der Waals surface area contributed by atoms with E-state index in [1.54, 1.807) is 6.33 Å². The Morgan fingerprint density at radius 3 is 2.60 bits per heavy atom. The van der Waals surface area contributed by atoms with E-state index >= 15 is 0 Å². The number of nitrogens with one attached hydrogen (secondary N) is 1. The number of nitrogens with zero attached hydrogens (tertiary/aromatic N) is 1. The molecule has 104 valence electrons. The fourth-order valence-electron chi connectivity index (χ4n) is 2.55. The number of imidazole rings is 1. The van der Waals surface area contributed by atoms with Gasteiger partial charge in [0.1, 0.15) is 0 Å². The highest BCUT2D eigenvalue weighted by atomic mass is 35.5. The minimum absolute atomic E-state index is 0. The van der Waals surface area contributed by atoms with Crippen molar-refractivity contribution >= 4 is 34.8 Å². The Morgan fingerprint density at radius 1 is 1.15 bits per heavy atom. The number of aromatic nitrogens is 2. The van der Waals surface area contributed by atoms with Crippen LogP contribution in [0.3, 0.4) is 0 Å². The number of hydrogen-bond donors (Lipinski definition) is 1. The molecule has 20 heavy (non-hydrogen) atoms. The third-order valence-corrected chi connectivity index (χ3v) is 4.28. The van der Waals surface area contributed by atoms with Gasteiger partial charge in [0, 0.05) is 23.2 Å². The number of fused-ring (bicyclic) bond motifs is 1. The standard InChI is InChI=1S/C16H15ClN2.ClH/c1-16(10-17,15-9-18-11-19-15)14-8-4-6-12-5-2-3-7-13(12)14;/h2-9,11H,10H2,1H3,(H,18,19);1H. The Hall–Kier alpha value is -1.51. The lowest BCUT2D eigenvalue weighted by atomic mass is 9.79. The van der Waals surface area contributed by atoms with E-state index in [1.807, 2.05) is 6.20 Å².